The number of carbonyl (C=O) groups is 1. The van der Waals surface area contributed by atoms with Crippen molar-refractivity contribution in [2.24, 2.45) is 5.73 Å². The highest BCUT2D eigenvalue weighted by molar-refractivity contribution is 5.86. The van der Waals surface area contributed by atoms with E-state index in [9.17, 15) is 18.0 Å². The molecule has 0 aliphatic heterocycles. The molecule has 0 spiro atoms. The van der Waals surface area contributed by atoms with Crippen LogP contribution in [0.2, 0.25) is 0 Å². The normalized spacial score (nSPS) is 17.3. The minimum Gasteiger partial charge on any atom is -0.467 e. The SMILES string of the molecule is C[C@@H](NC(=O)C(C)(N)C(F)(F)F)c1ccco1. The maximum Gasteiger partial charge on any atom is 0.415 e. The average Bonchev–Trinajstić information content (AvgIpc) is 2.68. The predicted molar refractivity (Wildman–Crippen MR) is 53.9 cm³/mol. The van der Waals surface area contributed by atoms with Gasteiger partial charge in [0.25, 0.3) is 0 Å². The fraction of sp³-hybridized carbons (Fsp3) is 0.500. The van der Waals surface area contributed by atoms with Gasteiger partial charge in [-0.15, -0.1) is 0 Å². The zero-order valence-corrected chi connectivity index (χ0v) is 9.34. The van der Waals surface area contributed by atoms with Crippen molar-refractivity contribution in [2.75, 3.05) is 0 Å². The van der Waals surface area contributed by atoms with Crippen molar-refractivity contribution >= 4 is 5.91 Å². The number of furan rings is 1. The fourth-order valence-electron chi connectivity index (χ4n) is 1.08. The Morgan fingerprint density at radius 3 is 2.53 bits per heavy atom. The maximum absolute atomic E-state index is 12.5. The van der Waals surface area contributed by atoms with Crippen molar-refractivity contribution in [1.29, 1.82) is 0 Å². The number of nitrogens with one attached hydrogen (secondary N) is 1. The highest BCUT2D eigenvalue weighted by Gasteiger charge is 2.54. The number of hydrogen-bond donors (Lipinski definition) is 2. The van der Waals surface area contributed by atoms with E-state index >= 15 is 0 Å². The van der Waals surface area contributed by atoms with Crippen LogP contribution in [0.25, 0.3) is 0 Å². The number of nitrogens with two attached hydrogens (primary N) is 1. The molecule has 0 saturated heterocycles. The summed E-state index contributed by atoms with van der Waals surface area (Å²) in [5.41, 5.74) is 2.05. The number of halogens is 3. The quantitative estimate of drug-likeness (QED) is 0.858. The molecule has 1 heterocycles. The second kappa shape index (κ2) is 4.40. The van der Waals surface area contributed by atoms with Crippen LogP contribution < -0.4 is 11.1 Å². The Hall–Kier alpha value is -1.50. The van der Waals surface area contributed by atoms with Crippen LogP contribution in [0.5, 0.6) is 0 Å². The molecule has 3 N–H and O–H groups in total. The van der Waals surface area contributed by atoms with E-state index in [1.54, 1.807) is 12.1 Å². The molecule has 0 fully saturated rings. The lowest BCUT2D eigenvalue weighted by molar-refractivity contribution is -0.187. The summed E-state index contributed by atoms with van der Waals surface area (Å²) in [5, 5.41) is 2.15. The van der Waals surface area contributed by atoms with Crippen LogP contribution >= 0.6 is 0 Å². The molecule has 0 aliphatic carbocycles. The van der Waals surface area contributed by atoms with E-state index in [-0.39, 0.29) is 0 Å². The lowest BCUT2D eigenvalue weighted by atomic mass is 10.0. The maximum atomic E-state index is 12.5. The summed E-state index contributed by atoms with van der Waals surface area (Å²) in [6, 6.07) is 2.44. The molecule has 1 amide bonds. The van der Waals surface area contributed by atoms with Crippen molar-refractivity contribution in [1.82, 2.24) is 5.32 Å². The van der Waals surface area contributed by atoms with Crippen LogP contribution in [0.3, 0.4) is 0 Å². The molecular formula is C10H13F3N2O2. The van der Waals surface area contributed by atoms with Crippen LogP contribution in [-0.4, -0.2) is 17.6 Å². The Kier molecular flexibility index (Phi) is 3.51. The van der Waals surface area contributed by atoms with Gasteiger partial charge in [-0.05, 0) is 26.0 Å². The molecule has 0 bridgehead atoms. The third kappa shape index (κ3) is 2.79. The highest BCUT2D eigenvalue weighted by atomic mass is 19.4. The van der Waals surface area contributed by atoms with Gasteiger partial charge in [-0.25, -0.2) is 0 Å². The molecule has 7 heteroatoms. The first kappa shape index (κ1) is 13.6. The Balaban J connectivity index is 2.73. The van der Waals surface area contributed by atoms with Gasteiger partial charge in [-0.2, -0.15) is 13.2 Å². The average molecular weight is 250 g/mol. The van der Waals surface area contributed by atoms with Gasteiger partial charge in [0.1, 0.15) is 5.76 Å². The minimum absolute atomic E-state index is 0.358. The summed E-state index contributed by atoms with van der Waals surface area (Å²) >= 11 is 0. The molecule has 0 aliphatic rings. The first-order valence-electron chi connectivity index (χ1n) is 4.86. The van der Waals surface area contributed by atoms with Gasteiger partial charge in [0.05, 0.1) is 12.3 Å². The molecule has 1 aromatic rings. The van der Waals surface area contributed by atoms with Crippen LogP contribution in [0, 0.1) is 0 Å². The topological polar surface area (TPSA) is 68.3 Å². The molecule has 0 aromatic carbocycles. The predicted octanol–water partition coefficient (Wildman–Crippen LogP) is 1.74. The van der Waals surface area contributed by atoms with Crippen LogP contribution in [0.4, 0.5) is 13.2 Å². The van der Waals surface area contributed by atoms with Gasteiger partial charge >= 0.3 is 6.18 Å². The van der Waals surface area contributed by atoms with E-state index in [4.69, 9.17) is 10.2 Å². The summed E-state index contributed by atoms with van der Waals surface area (Å²) in [4.78, 5) is 11.4. The molecule has 1 unspecified atom stereocenters. The van der Waals surface area contributed by atoms with Crippen molar-refractivity contribution in [3.8, 4) is 0 Å². The largest absolute Gasteiger partial charge is 0.467 e. The van der Waals surface area contributed by atoms with E-state index in [1.165, 1.54) is 13.2 Å². The minimum atomic E-state index is -4.81. The van der Waals surface area contributed by atoms with Crippen molar-refractivity contribution in [2.45, 2.75) is 31.6 Å². The zero-order valence-electron chi connectivity index (χ0n) is 9.34. The van der Waals surface area contributed by atoms with E-state index in [1.807, 2.05) is 0 Å². The van der Waals surface area contributed by atoms with Crippen LogP contribution in [-0.2, 0) is 4.79 Å². The van der Waals surface area contributed by atoms with Crippen LogP contribution in [0.1, 0.15) is 25.6 Å². The molecule has 4 nitrogen and oxygen atoms in total. The summed E-state index contributed by atoms with van der Waals surface area (Å²) in [7, 11) is 0. The van der Waals surface area contributed by atoms with Gasteiger partial charge < -0.3 is 15.5 Å². The van der Waals surface area contributed by atoms with Gasteiger partial charge in [-0.1, -0.05) is 0 Å². The number of amides is 1. The van der Waals surface area contributed by atoms with Gasteiger partial charge in [0.15, 0.2) is 5.54 Å². The molecule has 96 valence electrons. The lowest BCUT2D eigenvalue weighted by Crippen LogP contribution is -2.61. The Bertz CT molecular complexity index is 385. The summed E-state index contributed by atoms with van der Waals surface area (Å²) in [6.07, 6.45) is -3.44. The molecule has 1 rings (SSSR count). The van der Waals surface area contributed by atoms with Crippen molar-refractivity contribution < 1.29 is 22.4 Å². The van der Waals surface area contributed by atoms with Crippen molar-refractivity contribution in [3.63, 3.8) is 0 Å². The lowest BCUT2D eigenvalue weighted by Gasteiger charge is -2.27. The number of rotatable bonds is 3. The standard InChI is InChI=1S/C10H13F3N2O2/c1-6(7-4-3-5-17-7)15-8(16)9(2,14)10(11,12)13/h3-6H,14H2,1-2H3,(H,15,16)/t6-,9?/m1/s1. The fourth-order valence-corrected chi connectivity index (χ4v) is 1.08. The Morgan fingerprint density at radius 1 is 1.53 bits per heavy atom. The van der Waals surface area contributed by atoms with Gasteiger partial charge in [0, 0.05) is 0 Å². The molecule has 17 heavy (non-hydrogen) atoms. The zero-order chi connectivity index (χ0) is 13.3. The smallest absolute Gasteiger partial charge is 0.415 e. The Morgan fingerprint density at radius 2 is 2.12 bits per heavy atom. The first-order valence-corrected chi connectivity index (χ1v) is 4.86. The number of carbonyl (C=O) groups excluding carboxylic acids is 1. The molecule has 0 saturated carbocycles. The first-order chi connectivity index (χ1) is 7.66. The molecule has 0 radical (unpaired) electrons. The van der Waals surface area contributed by atoms with Gasteiger partial charge in [-0.3, -0.25) is 4.79 Å². The van der Waals surface area contributed by atoms with Gasteiger partial charge in [0.2, 0.25) is 5.91 Å². The number of hydrogen-bond acceptors (Lipinski definition) is 3. The third-order valence-electron chi connectivity index (χ3n) is 2.38. The van der Waals surface area contributed by atoms with E-state index in [0.29, 0.717) is 12.7 Å². The summed E-state index contributed by atoms with van der Waals surface area (Å²) in [5.74, 6) is -0.940. The van der Waals surface area contributed by atoms with Crippen LogP contribution in [0.15, 0.2) is 22.8 Å². The molecular weight excluding hydrogens is 237 g/mol. The third-order valence-corrected chi connectivity index (χ3v) is 2.38. The van der Waals surface area contributed by atoms with Crippen molar-refractivity contribution in [3.05, 3.63) is 24.2 Å². The second-order valence-corrected chi connectivity index (χ2v) is 3.91. The van der Waals surface area contributed by atoms with E-state index in [0.717, 1.165) is 0 Å². The summed E-state index contributed by atoms with van der Waals surface area (Å²) < 4.78 is 42.4. The van der Waals surface area contributed by atoms with E-state index in [2.05, 4.69) is 5.32 Å². The summed E-state index contributed by atoms with van der Waals surface area (Å²) in [6.45, 7) is 2.13. The number of alkyl halides is 3. The second-order valence-electron chi connectivity index (χ2n) is 3.91. The molecule has 1 aromatic heterocycles. The van der Waals surface area contributed by atoms with E-state index < -0.39 is 23.7 Å². The molecule has 2 atom stereocenters. The monoisotopic (exact) mass is 250 g/mol. The highest BCUT2D eigenvalue weighted by Crippen LogP contribution is 2.28. The Labute approximate surface area is 96.0 Å².